The highest BCUT2D eigenvalue weighted by molar-refractivity contribution is 5.29. The number of pyridine rings is 1. The van der Waals surface area contributed by atoms with Gasteiger partial charge >= 0.3 is 6.18 Å². The Kier molecular flexibility index (Phi) is 5.14. The molecule has 0 saturated carbocycles. The highest BCUT2D eigenvalue weighted by Gasteiger charge is 2.35. The third-order valence-electron chi connectivity index (χ3n) is 3.12. The van der Waals surface area contributed by atoms with Gasteiger partial charge in [-0.2, -0.15) is 13.2 Å². The van der Waals surface area contributed by atoms with E-state index in [1.807, 2.05) is 13.8 Å². The summed E-state index contributed by atoms with van der Waals surface area (Å²) in [5.41, 5.74) is -0.367. The second kappa shape index (κ2) is 6.18. The van der Waals surface area contributed by atoms with Gasteiger partial charge in [-0.3, -0.25) is 4.98 Å². The molecule has 0 amide bonds. The lowest BCUT2D eigenvalue weighted by Gasteiger charge is -2.26. The Morgan fingerprint density at radius 2 is 2.06 bits per heavy atom. The summed E-state index contributed by atoms with van der Waals surface area (Å²) in [6.45, 7) is 3.98. The molecule has 0 aliphatic carbocycles. The van der Waals surface area contributed by atoms with Gasteiger partial charge in [0.05, 0.1) is 5.56 Å². The van der Waals surface area contributed by atoms with Crippen molar-refractivity contribution >= 4 is 0 Å². The van der Waals surface area contributed by atoms with Gasteiger partial charge in [0.2, 0.25) is 0 Å². The smallest absolute Gasteiger partial charge is 0.313 e. The van der Waals surface area contributed by atoms with Crippen molar-refractivity contribution in [3.8, 4) is 0 Å². The first kappa shape index (κ1) is 15.0. The maximum Gasteiger partial charge on any atom is 0.416 e. The van der Waals surface area contributed by atoms with Crippen LogP contribution < -0.4 is 5.32 Å². The third-order valence-corrected chi connectivity index (χ3v) is 3.12. The third kappa shape index (κ3) is 3.45. The molecule has 1 aromatic heterocycles. The van der Waals surface area contributed by atoms with E-state index in [0.717, 1.165) is 18.9 Å². The Morgan fingerprint density at radius 3 is 2.56 bits per heavy atom. The van der Waals surface area contributed by atoms with Gasteiger partial charge in [0.1, 0.15) is 0 Å². The minimum absolute atomic E-state index is 0.130. The number of alkyl halides is 3. The topological polar surface area (TPSA) is 24.9 Å². The van der Waals surface area contributed by atoms with Gasteiger partial charge < -0.3 is 5.32 Å². The molecule has 0 aliphatic heterocycles. The molecule has 2 unspecified atom stereocenters. The van der Waals surface area contributed by atoms with E-state index in [1.165, 1.54) is 12.4 Å². The summed E-state index contributed by atoms with van der Waals surface area (Å²) in [6.07, 6.45) is -0.0162. The standard InChI is InChI=1S/C13H19F3N2/c1-4-5-9(2)12(17-3)10-8-18-7-6-11(10)13(14,15)16/h6-9,12,17H,4-5H2,1-3H3. The van der Waals surface area contributed by atoms with Crippen LogP contribution in [0.15, 0.2) is 18.5 Å². The van der Waals surface area contributed by atoms with Gasteiger partial charge in [0, 0.05) is 18.4 Å². The van der Waals surface area contributed by atoms with Crippen molar-refractivity contribution in [2.75, 3.05) is 7.05 Å². The lowest BCUT2D eigenvalue weighted by atomic mass is 9.89. The summed E-state index contributed by atoms with van der Waals surface area (Å²) in [4.78, 5) is 3.83. The molecule has 0 aliphatic rings. The molecule has 0 aromatic carbocycles. The first-order chi connectivity index (χ1) is 8.41. The van der Waals surface area contributed by atoms with Crippen LogP contribution in [0.4, 0.5) is 13.2 Å². The molecule has 2 atom stereocenters. The molecule has 1 aromatic rings. The van der Waals surface area contributed by atoms with E-state index in [-0.39, 0.29) is 17.5 Å². The van der Waals surface area contributed by atoms with E-state index in [9.17, 15) is 13.2 Å². The number of aromatic nitrogens is 1. The number of halogens is 3. The van der Waals surface area contributed by atoms with Crippen LogP contribution in [0.1, 0.15) is 43.9 Å². The fraction of sp³-hybridized carbons (Fsp3) is 0.615. The summed E-state index contributed by atoms with van der Waals surface area (Å²) in [6, 6.07) is 0.716. The average molecular weight is 260 g/mol. The first-order valence-corrected chi connectivity index (χ1v) is 6.10. The molecular weight excluding hydrogens is 241 g/mol. The van der Waals surface area contributed by atoms with Gasteiger partial charge in [0.25, 0.3) is 0 Å². The van der Waals surface area contributed by atoms with Crippen LogP contribution in [0.3, 0.4) is 0 Å². The van der Waals surface area contributed by atoms with E-state index < -0.39 is 11.7 Å². The molecule has 0 spiro atoms. The zero-order valence-corrected chi connectivity index (χ0v) is 10.9. The van der Waals surface area contributed by atoms with Crippen molar-refractivity contribution in [2.24, 2.45) is 5.92 Å². The summed E-state index contributed by atoms with van der Waals surface area (Å²) in [7, 11) is 1.68. The van der Waals surface area contributed by atoms with Crippen molar-refractivity contribution in [1.82, 2.24) is 10.3 Å². The van der Waals surface area contributed by atoms with Crippen molar-refractivity contribution in [1.29, 1.82) is 0 Å². The Morgan fingerprint density at radius 1 is 1.39 bits per heavy atom. The number of nitrogens with zero attached hydrogens (tertiary/aromatic N) is 1. The molecule has 1 heterocycles. The van der Waals surface area contributed by atoms with E-state index in [1.54, 1.807) is 7.05 Å². The van der Waals surface area contributed by atoms with E-state index in [2.05, 4.69) is 10.3 Å². The molecule has 18 heavy (non-hydrogen) atoms. The summed E-state index contributed by atoms with van der Waals surface area (Å²) < 4.78 is 38.8. The number of rotatable bonds is 5. The summed E-state index contributed by atoms with van der Waals surface area (Å²) in [5, 5.41) is 2.98. The molecule has 0 fully saturated rings. The monoisotopic (exact) mass is 260 g/mol. The maximum atomic E-state index is 12.9. The van der Waals surface area contributed by atoms with Crippen LogP contribution >= 0.6 is 0 Å². The summed E-state index contributed by atoms with van der Waals surface area (Å²) in [5.74, 6) is 0.130. The van der Waals surface area contributed by atoms with E-state index in [0.29, 0.717) is 0 Å². The normalized spacial score (nSPS) is 15.4. The largest absolute Gasteiger partial charge is 0.416 e. The van der Waals surface area contributed by atoms with Gasteiger partial charge in [-0.1, -0.05) is 20.3 Å². The molecule has 2 nitrogen and oxygen atoms in total. The predicted octanol–water partition coefficient (Wildman–Crippen LogP) is 3.80. The zero-order valence-electron chi connectivity index (χ0n) is 10.9. The first-order valence-electron chi connectivity index (χ1n) is 6.10. The predicted molar refractivity (Wildman–Crippen MR) is 65.1 cm³/mol. The van der Waals surface area contributed by atoms with Crippen molar-refractivity contribution in [3.63, 3.8) is 0 Å². The lowest BCUT2D eigenvalue weighted by molar-refractivity contribution is -0.138. The Labute approximate surface area is 106 Å². The lowest BCUT2D eigenvalue weighted by Crippen LogP contribution is -2.26. The van der Waals surface area contributed by atoms with Crippen molar-refractivity contribution in [3.05, 3.63) is 29.6 Å². The molecule has 5 heteroatoms. The molecule has 1 rings (SSSR count). The van der Waals surface area contributed by atoms with Crippen molar-refractivity contribution < 1.29 is 13.2 Å². The second-order valence-electron chi connectivity index (χ2n) is 4.49. The maximum absolute atomic E-state index is 12.9. The van der Waals surface area contributed by atoms with Gasteiger partial charge in [-0.15, -0.1) is 0 Å². The Bertz CT molecular complexity index is 377. The van der Waals surface area contributed by atoms with E-state index >= 15 is 0 Å². The fourth-order valence-corrected chi connectivity index (χ4v) is 2.28. The van der Waals surface area contributed by atoms with Crippen LogP contribution in [0.25, 0.3) is 0 Å². The highest BCUT2D eigenvalue weighted by Crippen LogP contribution is 2.36. The summed E-state index contributed by atoms with van der Waals surface area (Å²) >= 11 is 0. The van der Waals surface area contributed by atoms with Crippen LogP contribution in [0, 0.1) is 5.92 Å². The molecular formula is C13H19F3N2. The Balaban J connectivity index is 3.13. The highest BCUT2D eigenvalue weighted by atomic mass is 19.4. The SMILES string of the molecule is CCCC(C)C(NC)c1cnccc1C(F)(F)F. The second-order valence-corrected chi connectivity index (χ2v) is 4.49. The molecule has 0 saturated heterocycles. The molecule has 102 valence electrons. The van der Waals surface area contributed by atoms with Crippen molar-refractivity contribution in [2.45, 2.75) is 38.9 Å². The number of hydrogen-bond donors (Lipinski definition) is 1. The van der Waals surface area contributed by atoms with Crippen LogP contribution in [0.2, 0.25) is 0 Å². The fourth-order valence-electron chi connectivity index (χ4n) is 2.28. The van der Waals surface area contributed by atoms with Gasteiger partial charge in [-0.05, 0) is 31.0 Å². The zero-order chi connectivity index (χ0) is 13.8. The van der Waals surface area contributed by atoms with Crippen LogP contribution in [-0.2, 0) is 6.18 Å². The molecule has 0 bridgehead atoms. The average Bonchev–Trinajstić information content (AvgIpc) is 2.29. The minimum Gasteiger partial charge on any atom is -0.313 e. The number of nitrogens with one attached hydrogen (secondary N) is 1. The number of hydrogen-bond acceptors (Lipinski definition) is 2. The molecule has 1 N–H and O–H groups in total. The van der Waals surface area contributed by atoms with Gasteiger partial charge in [-0.25, -0.2) is 0 Å². The Hall–Kier alpha value is -1.10. The molecule has 0 radical (unpaired) electrons. The van der Waals surface area contributed by atoms with Gasteiger partial charge in [0.15, 0.2) is 0 Å². The van der Waals surface area contributed by atoms with Crippen LogP contribution in [-0.4, -0.2) is 12.0 Å². The van der Waals surface area contributed by atoms with E-state index in [4.69, 9.17) is 0 Å². The van der Waals surface area contributed by atoms with Crippen LogP contribution in [0.5, 0.6) is 0 Å². The minimum atomic E-state index is -4.33. The quantitative estimate of drug-likeness (QED) is 0.871.